The van der Waals surface area contributed by atoms with Gasteiger partial charge in [0.25, 0.3) is 15.9 Å². The van der Waals surface area contributed by atoms with Gasteiger partial charge in [0.15, 0.2) is 0 Å². The molecule has 0 atom stereocenters. The zero-order chi connectivity index (χ0) is 27.0. The molecule has 10 heteroatoms. The van der Waals surface area contributed by atoms with Crippen molar-refractivity contribution in [2.75, 3.05) is 11.4 Å². The van der Waals surface area contributed by atoms with Gasteiger partial charge < -0.3 is 4.74 Å². The van der Waals surface area contributed by atoms with Crippen molar-refractivity contribution in [1.82, 2.24) is 10.4 Å². The summed E-state index contributed by atoms with van der Waals surface area (Å²) in [6.45, 7) is 0.0237. The van der Waals surface area contributed by atoms with Crippen LogP contribution in [-0.4, -0.2) is 38.6 Å². The molecule has 0 radical (unpaired) electrons. The minimum atomic E-state index is -3.88. The Kier molecular flexibility index (Phi) is 8.24. The van der Waals surface area contributed by atoms with E-state index >= 15 is 0 Å². The molecule has 1 amide bonds. The van der Waals surface area contributed by atoms with Crippen LogP contribution in [0.4, 0.5) is 5.82 Å². The second-order valence-corrected chi connectivity index (χ2v) is 9.88. The summed E-state index contributed by atoms with van der Waals surface area (Å²) in [6, 6.07) is 26.3. The van der Waals surface area contributed by atoms with Gasteiger partial charge in [0.05, 0.1) is 30.3 Å². The number of ether oxygens (including phenoxy) is 1. The van der Waals surface area contributed by atoms with Crippen molar-refractivity contribution >= 4 is 33.9 Å². The number of methoxy groups -OCH3 is 1. The van der Waals surface area contributed by atoms with Gasteiger partial charge in [-0.2, -0.15) is 5.10 Å². The maximum absolute atomic E-state index is 13.4. The lowest BCUT2D eigenvalue weighted by molar-refractivity contribution is 0.0600. The van der Waals surface area contributed by atoms with E-state index in [-0.39, 0.29) is 17.3 Å². The van der Waals surface area contributed by atoms with Gasteiger partial charge in [0, 0.05) is 11.8 Å². The standard InChI is InChI=1S/C28H24N4O5S/c1-37-28(34)24-16-10-21(11-17-24)19-30-31-27(33)23-14-12-22(13-15-23)20-32(26-9-5-6-18-29-26)38(35,36)25-7-3-2-4-8-25/h2-19H,20H2,1H3,(H,31,33)/b30-19-. The third-order valence-corrected chi connectivity index (χ3v) is 7.25. The minimum Gasteiger partial charge on any atom is -0.465 e. The molecule has 4 aromatic rings. The first-order valence-electron chi connectivity index (χ1n) is 11.5. The predicted molar refractivity (Wildman–Crippen MR) is 143 cm³/mol. The molecule has 4 rings (SSSR count). The van der Waals surface area contributed by atoms with Crippen LogP contribution in [0, 0.1) is 0 Å². The number of esters is 1. The second-order valence-electron chi connectivity index (χ2n) is 8.02. The molecular formula is C28H24N4O5S. The quantitative estimate of drug-likeness (QED) is 0.199. The topological polar surface area (TPSA) is 118 Å². The van der Waals surface area contributed by atoms with Gasteiger partial charge in [-0.25, -0.2) is 27.9 Å². The third kappa shape index (κ3) is 6.29. The highest BCUT2D eigenvalue weighted by molar-refractivity contribution is 7.92. The molecule has 9 nitrogen and oxygen atoms in total. The van der Waals surface area contributed by atoms with Gasteiger partial charge in [-0.3, -0.25) is 4.79 Å². The highest BCUT2D eigenvalue weighted by Crippen LogP contribution is 2.24. The van der Waals surface area contributed by atoms with Gasteiger partial charge in [-0.1, -0.05) is 48.5 Å². The first-order chi connectivity index (χ1) is 18.4. The van der Waals surface area contributed by atoms with E-state index in [1.807, 2.05) is 0 Å². The lowest BCUT2D eigenvalue weighted by Gasteiger charge is -2.23. The molecule has 0 aliphatic rings. The number of hydrogen-bond acceptors (Lipinski definition) is 7. The number of carbonyl (C=O) groups is 2. The van der Waals surface area contributed by atoms with Gasteiger partial charge in [-0.15, -0.1) is 0 Å². The molecule has 0 aliphatic carbocycles. The maximum atomic E-state index is 13.4. The highest BCUT2D eigenvalue weighted by atomic mass is 32.2. The summed E-state index contributed by atoms with van der Waals surface area (Å²) >= 11 is 0. The van der Waals surface area contributed by atoms with Crippen molar-refractivity contribution in [3.8, 4) is 0 Å². The Bertz CT molecular complexity index is 1520. The van der Waals surface area contributed by atoms with Gasteiger partial charge in [0.2, 0.25) is 0 Å². The van der Waals surface area contributed by atoms with Crippen LogP contribution < -0.4 is 9.73 Å². The summed E-state index contributed by atoms with van der Waals surface area (Å²) in [5.74, 6) is -0.587. The number of aromatic nitrogens is 1. The lowest BCUT2D eigenvalue weighted by atomic mass is 10.1. The zero-order valence-corrected chi connectivity index (χ0v) is 21.2. The van der Waals surface area contributed by atoms with Gasteiger partial charge in [-0.05, 0) is 59.7 Å². The van der Waals surface area contributed by atoms with E-state index in [0.29, 0.717) is 22.3 Å². The molecule has 1 aromatic heterocycles. The fourth-order valence-corrected chi connectivity index (χ4v) is 4.92. The van der Waals surface area contributed by atoms with E-state index in [9.17, 15) is 18.0 Å². The Morgan fingerprint density at radius 3 is 2.18 bits per heavy atom. The first-order valence-corrected chi connectivity index (χ1v) is 12.9. The number of carbonyl (C=O) groups excluding carboxylic acids is 2. The van der Waals surface area contributed by atoms with Crippen molar-refractivity contribution in [2.45, 2.75) is 11.4 Å². The predicted octanol–water partition coefficient (Wildman–Crippen LogP) is 4.03. The Morgan fingerprint density at radius 2 is 1.55 bits per heavy atom. The molecule has 0 unspecified atom stereocenters. The molecule has 1 N–H and O–H groups in total. The van der Waals surface area contributed by atoms with Crippen molar-refractivity contribution in [3.05, 3.63) is 126 Å². The van der Waals surface area contributed by atoms with Crippen molar-refractivity contribution in [2.24, 2.45) is 5.10 Å². The first kappa shape index (κ1) is 26.2. The maximum Gasteiger partial charge on any atom is 0.337 e. The van der Waals surface area contributed by atoms with Crippen molar-refractivity contribution in [3.63, 3.8) is 0 Å². The Labute approximate surface area is 220 Å². The molecule has 1 heterocycles. The van der Waals surface area contributed by atoms with Crippen LogP contribution in [0.5, 0.6) is 0 Å². The summed E-state index contributed by atoms with van der Waals surface area (Å²) in [5.41, 5.74) is 4.56. The summed E-state index contributed by atoms with van der Waals surface area (Å²) < 4.78 is 32.7. The van der Waals surface area contributed by atoms with E-state index in [1.54, 1.807) is 84.9 Å². The van der Waals surface area contributed by atoms with Crippen LogP contribution in [0.15, 0.2) is 113 Å². The van der Waals surface area contributed by atoms with E-state index < -0.39 is 21.9 Å². The highest BCUT2D eigenvalue weighted by Gasteiger charge is 2.26. The molecule has 0 fully saturated rings. The molecule has 0 saturated heterocycles. The minimum absolute atomic E-state index is 0.0237. The number of anilines is 1. The SMILES string of the molecule is COC(=O)c1ccc(/C=N\NC(=O)c2ccc(CN(c3ccccn3)S(=O)(=O)c3ccccc3)cc2)cc1. The average Bonchev–Trinajstić information content (AvgIpc) is 2.97. The summed E-state index contributed by atoms with van der Waals surface area (Å²) in [4.78, 5) is 28.4. The van der Waals surface area contributed by atoms with Crippen molar-refractivity contribution in [1.29, 1.82) is 0 Å². The number of hydrogen-bond donors (Lipinski definition) is 1. The Morgan fingerprint density at radius 1 is 0.895 bits per heavy atom. The number of amides is 1. The molecule has 192 valence electrons. The summed E-state index contributed by atoms with van der Waals surface area (Å²) in [5, 5.41) is 3.95. The Hall–Kier alpha value is -4.83. The number of sulfonamides is 1. The largest absolute Gasteiger partial charge is 0.465 e. The van der Waals surface area contributed by atoms with Crippen LogP contribution in [0.3, 0.4) is 0 Å². The number of benzene rings is 3. The van der Waals surface area contributed by atoms with Crippen LogP contribution >= 0.6 is 0 Å². The zero-order valence-electron chi connectivity index (χ0n) is 20.4. The molecule has 0 aliphatic heterocycles. The number of pyridine rings is 1. The van der Waals surface area contributed by atoms with Gasteiger partial charge >= 0.3 is 5.97 Å². The normalized spacial score (nSPS) is 11.2. The van der Waals surface area contributed by atoms with Gasteiger partial charge in [0.1, 0.15) is 5.82 Å². The number of nitrogens with one attached hydrogen (secondary N) is 1. The molecular weight excluding hydrogens is 504 g/mol. The molecule has 0 saturated carbocycles. The van der Waals surface area contributed by atoms with Crippen LogP contribution in [0.1, 0.15) is 31.8 Å². The second kappa shape index (κ2) is 11.9. The number of hydrazone groups is 1. The molecule has 3 aromatic carbocycles. The lowest BCUT2D eigenvalue weighted by Crippen LogP contribution is -2.31. The average molecular weight is 529 g/mol. The van der Waals surface area contributed by atoms with Crippen molar-refractivity contribution < 1.29 is 22.7 Å². The third-order valence-electron chi connectivity index (χ3n) is 5.49. The van der Waals surface area contributed by atoms with E-state index in [0.717, 1.165) is 0 Å². The number of nitrogens with zero attached hydrogens (tertiary/aromatic N) is 3. The smallest absolute Gasteiger partial charge is 0.337 e. The van der Waals surface area contributed by atoms with E-state index in [1.165, 1.54) is 36.0 Å². The van der Waals surface area contributed by atoms with Crippen LogP contribution in [-0.2, 0) is 21.3 Å². The monoisotopic (exact) mass is 528 g/mol. The number of rotatable bonds is 9. The van der Waals surface area contributed by atoms with Crippen LogP contribution in [0.25, 0.3) is 0 Å². The fourth-order valence-electron chi connectivity index (χ4n) is 3.49. The van der Waals surface area contributed by atoms with E-state index in [2.05, 4.69) is 20.2 Å². The summed E-state index contributed by atoms with van der Waals surface area (Å²) in [7, 11) is -2.57. The molecule has 0 bridgehead atoms. The molecule has 0 spiro atoms. The summed E-state index contributed by atoms with van der Waals surface area (Å²) in [6.07, 6.45) is 2.98. The van der Waals surface area contributed by atoms with E-state index in [4.69, 9.17) is 0 Å². The fraction of sp³-hybridized carbons (Fsp3) is 0.0714. The molecule has 38 heavy (non-hydrogen) atoms. The Balaban J connectivity index is 1.45. The van der Waals surface area contributed by atoms with Crippen LogP contribution in [0.2, 0.25) is 0 Å².